The minimum absolute atomic E-state index is 0.623. The van der Waals surface area contributed by atoms with Gasteiger partial charge in [-0.2, -0.15) is 0 Å². The van der Waals surface area contributed by atoms with Crippen LogP contribution >= 0.6 is 0 Å². The van der Waals surface area contributed by atoms with Crippen LogP contribution in [0.2, 0.25) is 0 Å². The van der Waals surface area contributed by atoms with Gasteiger partial charge in [-0.05, 0) is 37.9 Å². The van der Waals surface area contributed by atoms with Crippen molar-refractivity contribution in [1.82, 2.24) is 5.32 Å². The Hall–Kier alpha value is -1.61. The van der Waals surface area contributed by atoms with Gasteiger partial charge in [0, 0.05) is 12.6 Å². The molecule has 92 valence electrons. The maximum Gasteiger partial charge on any atom is 0.328 e. The fourth-order valence-electron chi connectivity index (χ4n) is 1.66. The molecule has 0 bridgehead atoms. The predicted molar refractivity (Wildman–Crippen MR) is 69.1 cm³/mol. The molecule has 1 rings (SSSR count). The zero-order valence-electron chi connectivity index (χ0n) is 10.4. The van der Waals surface area contributed by atoms with E-state index in [2.05, 4.69) is 24.4 Å². The van der Waals surface area contributed by atoms with E-state index in [0.717, 1.165) is 18.5 Å². The van der Waals surface area contributed by atoms with Gasteiger partial charge in [-0.1, -0.05) is 29.8 Å². The number of hydrogen-bond acceptors (Lipinski definition) is 2. The molecular weight excluding hydrogens is 214 g/mol. The fraction of sp³-hybridized carbons (Fsp3) is 0.357. The van der Waals surface area contributed by atoms with Crippen molar-refractivity contribution >= 4 is 5.97 Å². The number of benzene rings is 1. The number of aliphatic carboxylic acids is 1. The van der Waals surface area contributed by atoms with Gasteiger partial charge in [-0.3, -0.25) is 0 Å². The molecule has 0 saturated carbocycles. The van der Waals surface area contributed by atoms with E-state index in [-0.39, 0.29) is 0 Å². The quantitative estimate of drug-likeness (QED) is 0.584. The molecule has 0 radical (unpaired) electrons. The molecule has 0 fully saturated rings. The van der Waals surface area contributed by atoms with Crippen molar-refractivity contribution < 1.29 is 9.90 Å². The van der Waals surface area contributed by atoms with Gasteiger partial charge in [0.15, 0.2) is 0 Å². The maximum absolute atomic E-state index is 10.4. The minimum atomic E-state index is -0.886. The lowest BCUT2D eigenvalue weighted by Gasteiger charge is -2.07. The van der Waals surface area contributed by atoms with E-state index in [1.165, 1.54) is 17.2 Å². The first-order valence-corrected chi connectivity index (χ1v) is 5.75. The lowest BCUT2D eigenvalue weighted by molar-refractivity contribution is -0.131. The third kappa shape index (κ3) is 5.31. The summed E-state index contributed by atoms with van der Waals surface area (Å²) in [6.07, 6.45) is 2.20. The van der Waals surface area contributed by atoms with Crippen LogP contribution in [0.4, 0.5) is 0 Å². The highest BCUT2D eigenvalue weighted by molar-refractivity contribution is 5.80. The van der Waals surface area contributed by atoms with Gasteiger partial charge in [0.25, 0.3) is 0 Å². The van der Waals surface area contributed by atoms with Gasteiger partial charge in [-0.15, -0.1) is 0 Å². The molecule has 0 atom stereocenters. The van der Waals surface area contributed by atoms with E-state index in [1.807, 2.05) is 19.1 Å². The molecule has 0 amide bonds. The molecule has 17 heavy (non-hydrogen) atoms. The topological polar surface area (TPSA) is 49.3 Å². The average Bonchev–Trinajstić information content (AvgIpc) is 2.25. The van der Waals surface area contributed by atoms with Crippen LogP contribution in [-0.4, -0.2) is 24.2 Å². The summed E-state index contributed by atoms with van der Waals surface area (Å²) in [7, 11) is 0. The van der Waals surface area contributed by atoms with Crippen molar-refractivity contribution in [3.05, 3.63) is 47.0 Å². The molecule has 0 aromatic heterocycles. The smallest absolute Gasteiger partial charge is 0.328 e. The minimum Gasteiger partial charge on any atom is -0.478 e. The Kier molecular flexibility index (Phi) is 5.43. The second-order valence-electron chi connectivity index (χ2n) is 4.18. The van der Waals surface area contributed by atoms with Crippen LogP contribution in [0.25, 0.3) is 0 Å². The summed E-state index contributed by atoms with van der Waals surface area (Å²) in [6, 6.07) is 8.30. The summed E-state index contributed by atoms with van der Waals surface area (Å²) in [5, 5.41) is 11.8. The summed E-state index contributed by atoms with van der Waals surface area (Å²) in [6.45, 7) is 5.40. The molecular formula is C14H19NO2. The summed E-state index contributed by atoms with van der Waals surface area (Å²) in [5.74, 6) is -0.886. The maximum atomic E-state index is 10.4. The second-order valence-corrected chi connectivity index (χ2v) is 4.18. The van der Waals surface area contributed by atoms with Crippen molar-refractivity contribution in [2.45, 2.75) is 20.3 Å². The van der Waals surface area contributed by atoms with Crippen molar-refractivity contribution in [2.75, 3.05) is 13.1 Å². The number of carboxylic acids is 1. The van der Waals surface area contributed by atoms with E-state index >= 15 is 0 Å². The van der Waals surface area contributed by atoms with E-state index < -0.39 is 5.97 Å². The Morgan fingerprint density at radius 3 is 2.76 bits per heavy atom. The van der Waals surface area contributed by atoms with Crippen LogP contribution in [0.5, 0.6) is 0 Å². The molecule has 2 N–H and O–H groups in total. The first-order valence-electron chi connectivity index (χ1n) is 5.75. The highest BCUT2D eigenvalue weighted by Crippen LogP contribution is 2.06. The Morgan fingerprint density at radius 1 is 1.41 bits per heavy atom. The van der Waals surface area contributed by atoms with Gasteiger partial charge in [0.05, 0.1) is 0 Å². The van der Waals surface area contributed by atoms with E-state index in [1.54, 1.807) is 0 Å². The number of hydrogen-bond donors (Lipinski definition) is 2. The first kappa shape index (κ1) is 13.5. The molecule has 3 heteroatoms. The van der Waals surface area contributed by atoms with Crippen molar-refractivity contribution in [3.8, 4) is 0 Å². The molecule has 3 nitrogen and oxygen atoms in total. The van der Waals surface area contributed by atoms with Crippen LogP contribution < -0.4 is 5.32 Å². The second kappa shape index (κ2) is 6.86. The number of nitrogens with one attached hydrogen (secondary N) is 1. The number of aryl methyl sites for hydroxylation is 1. The zero-order valence-corrected chi connectivity index (χ0v) is 10.4. The van der Waals surface area contributed by atoms with Crippen molar-refractivity contribution in [2.24, 2.45) is 0 Å². The normalized spacial score (nSPS) is 11.5. The van der Waals surface area contributed by atoms with E-state index in [9.17, 15) is 4.79 Å². The van der Waals surface area contributed by atoms with Gasteiger partial charge in [0.2, 0.25) is 0 Å². The van der Waals surface area contributed by atoms with E-state index in [4.69, 9.17) is 5.11 Å². The molecule has 0 aliphatic carbocycles. The van der Waals surface area contributed by atoms with Gasteiger partial charge >= 0.3 is 5.97 Å². The number of carboxylic acid groups (broad SMARTS) is 1. The molecule has 0 aliphatic heterocycles. The first-order chi connectivity index (χ1) is 8.09. The predicted octanol–water partition coefficient (Wildman–Crippen LogP) is 2.16. The third-order valence-corrected chi connectivity index (χ3v) is 2.61. The molecule has 1 aromatic rings. The van der Waals surface area contributed by atoms with Crippen LogP contribution in [-0.2, 0) is 11.2 Å². The standard InChI is InChI=1S/C14H19NO2/c1-11(9-14(16)17)10-15-8-7-13-6-4-3-5-12(13)2/h3-6,9,15H,7-8,10H2,1-2H3,(H,16,17)/b11-9-. The Labute approximate surface area is 102 Å². The summed E-state index contributed by atoms with van der Waals surface area (Å²) in [4.78, 5) is 10.4. The van der Waals surface area contributed by atoms with Crippen LogP contribution in [0.1, 0.15) is 18.1 Å². The lowest BCUT2D eigenvalue weighted by atomic mass is 10.1. The molecule has 1 aromatic carbocycles. The number of rotatable bonds is 6. The highest BCUT2D eigenvalue weighted by Gasteiger charge is 1.97. The highest BCUT2D eigenvalue weighted by atomic mass is 16.4. The fourth-order valence-corrected chi connectivity index (χ4v) is 1.66. The SMILES string of the molecule is C/C(=C/C(=O)O)CNCCc1ccccc1C. The van der Waals surface area contributed by atoms with Crippen LogP contribution in [0.15, 0.2) is 35.9 Å². The zero-order chi connectivity index (χ0) is 12.7. The average molecular weight is 233 g/mol. The van der Waals surface area contributed by atoms with E-state index in [0.29, 0.717) is 6.54 Å². The Bertz CT molecular complexity index is 410. The van der Waals surface area contributed by atoms with Crippen molar-refractivity contribution in [1.29, 1.82) is 0 Å². The molecule has 0 heterocycles. The Balaban J connectivity index is 2.30. The number of carbonyl (C=O) groups is 1. The van der Waals surface area contributed by atoms with Gasteiger partial charge in [-0.25, -0.2) is 4.79 Å². The summed E-state index contributed by atoms with van der Waals surface area (Å²) >= 11 is 0. The van der Waals surface area contributed by atoms with Crippen LogP contribution in [0.3, 0.4) is 0 Å². The largest absolute Gasteiger partial charge is 0.478 e. The van der Waals surface area contributed by atoms with Gasteiger partial charge < -0.3 is 10.4 Å². The van der Waals surface area contributed by atoms with Crippen LogP contribution in [0, 0.1) is 6.92 Å². The molecule has 0 saturated heterocycles. The lowest BCUT2D eigenvalue weighted by Crippen LogP contribution is -2.20. The van der Waals surface area contributed by atoms with Crippen molar-refractivity contribution in [3.63, 3.8) is 0 Å². The summed E-state index contributed by atoms with van der Waals surface area (Å²) in [5.41, 5.74) is 3.47. The van der Waals surface area contributed by atoms with Gasteiger partial charge in [0.1, 0.15) is 0 Å². The molecule has 0 spiro atoms. The molecule has 0 unspecified atom stereocenters. The Morgan fingerprint density at radius 2 is 2.12 bits per heavy atom. The monoisotopic (exact) mass is 233 g/mol. The third-order valence-electron chi connectivity index (χ3n) is 2.61. The summed E-state index contributed by atoms with van der Waals surface area (Å²) < 4.78 is 0. The molecule has 0 aliphatic rings.